The van der Waals surface area contributed by atoms with Crippen LogP contribution in [0, 0.1) is 17.8 Å². The summed E-state index contributed by atoms with van der Waals surface area (Å²) in [6.07, 6.45) is 12.7. The second kappa shape index (κ2) is 9.73. The Morgan fingerprint density at radius 2 is 1.70 bits per heavy atom. The van der Waals surface area contributed by atoms with Crippen LogP contribution in [0.25, 0.3) is 0 Å². The molecule has 7 atom stereocenters. The zero-order chi connectivity index (χ0) is 25.7. The van der Waals surface area contributed by atoms with E-state index in [4.69, 9.17) is 16.3 Å². The summed E-state index contributed by atoms with van der Waals surface area (Å²) < 4.78 is 6.51. The number of nitrogens with zero attached hydrogens (tertiary/aromatic N) is 1. The highest BCUT2D eigenvalue weighted by Crippen LogP contribution is 2.56. The molecule has 3 heterocycles. The van der Waals surface area contributed by atoms with Gasteiger partial charge in [-0.05, 0) is 55.9 Å². The van der Waals surface area contributed by atoms with E-state index in [1.807, 2.05) is 17.1 Å². The number of halogens is 1. The Kier molecular flexibility index (Phi) is 6.56. The lowest BCUT2D eigenvalue weighted by Gasteiger charge is -2.42. The van der Waals surface area contributed by atoms with Gasteiger partial charge >= 0.3 is 0 Å². The van der Waals surface area contributed by atoms with Gasteiger partial charge in [-0.3, -0.25) is 14.4 Å². The van der Waals surface area contributed by atoms with Crippen molar-refractivity contribution in [2.45, 2.75) is 94.5 Å². The monoisotopic (exact) mass is 525 g/mol. The predicted molar refractivity (Wildman–Crippen MR) is 141 cm³/mol. The van der Waals surface area contributed by atoms with Crippen molar-refractivity contribution in [1.29, 1.82) is 0 Å². The lowest BCUT2D eigenvalue weighted by Crippen LogP contribution is -2.59. The van der Waals surface area contributed by atoms with Crippen molar-refractivity contribution in [2.75, 3.05) is 5.32 Å². The summed E-state index contributed by atoms with van der Waals surface area (Å²) in [4.78, 5) is 43.7. The number of benzene rings is 1. The molecule has 1 spiro atoms. The van der Waals surface area contributed by atoms with E-state index in [1.165, 1.54) is 6.42 Å². The fourth-order valence-electron chi connectivity index (χ4n) is 7.56. The van der Waals surface area contributed by atoms with Gasteiger partial charge in [0.1, 0.15) is 11.6 Å². The van der Waals surface area contributed by atoms with Crippen molar-refractivity contribution in [1.82, 2.24) is 10.2 Å². The summed E-state index contributed by atoms with van der Waals surface area (Å²) in [5.74, 6) is -1.63. The molecule has 6 rings (SSSR count). The summed E-state index contributed by atoms with van der Waals surface area (Å²) in [6, 6.07) is 6.26. The Bertz CT molecular complexity index is 1100. The van der Waals surface area contributed by atoms with E-state index in [9.17, 15) is 14.4 Å². The summed E-state index contributed by atoms with van der Waals surface area (Å²) in [5.41, 5.74) is -0.496. The number of fused-ring (bicyclic) bond motifs is 1. The van der Waals surface area contributed by atoms with Crippen molar-refractivity contribution in [3.8, 4) is 0 Å². The third-order valence-electron chi connectivity index (χ3n) is 9.35. The Hall–Kier alpha value is -2.38. The zero-order valence-corrected chi connectivity index (χ0v) is 22.1. The second-order valence-corrected chi connectivity index (χ2v) is 12.1. The second-order valence-electron chi connectivity index (χ2n) is 11.6. The zero-order valence-electron chi connectivity index (χ0n) is 21.3. The quantitative estimate of drug-likeness (QED) is 0.556. The summed E-state index contributed by atoms with van der Waals surface area (Å²) in [5, 5.41) is 6.82. The molecule has 198 valence electrons. The number of likely N-dealkylation sites (tertiary alicyclic amines) is 1. The minimum Gasteiger partial charge on any atom is -0.359 e. The normalized spacial score (nSPS) is 37.0. The Labute approximate surface area is 223 Å². The van der Waals surface area contributed by atoms with Crippen LogP contribution in [-0.4, -0.2) is 52.5 Å². The van der Waals surface area contributed by atoms with Crippen molar-refractivity contribution in [3.05, 3.63) is 41.4 Å². The van der Waals surface area contributed by atoms with Gasteiger partial charge in [-0.1, -0.05) is 62.8 Å². The highest BCUT2D eigenvalue weighted by molar-refractivity contribution is 6.30. The standard InChI is InChI=1S/C29H36ClN3O4/c1-17-7-5-6-10-21(17)33-25(27(35)32-19-8-3-2-4-9-19)29-16-15-22(37-29)23(24(29)28(33)36)26(34)31-20-13-11-18(30)12-14-20/h11-17,19,21-25H,2-10H2,1H3,(H,31,34)(H,32,35)/t17?,21?,22-,23?,24-,25?,29?/m1/s1. The molecule has 8 heteroatoms. The van der Waals surface area contributed by atoms with Gasteiger partial charge in [-0.15, -0.1) is 0 Å². The van der Waals surface area contributed by atoms with Gasteiger partial charge in [0, 0.05) is 22.8 Å². The third-order valence-corrected chi connectivity index (χ3v) is 9.60. The number of ether oxygens (including phenoxy) is 1. The first-order valence-electron chi connectivity index (χ1n) is 14.0. The summed E-state index contributed by atoms with van der Waals surface area (Å²) in [6.45, 7) is 2.18. The van der Waals surface area contributed by atoms with E-state index < -0.39 is 29.6 Å². The smallest absolute Gasteiger partial charge is 0.246 e. The molecule has 2 saturated heterocycles. The van der Waals surface area contributed by atoms with Crippen LogP contribution in [0.15, 0.2) is 36.4 Å². The predicted octanol–water partition coefficient (Wildman–Crippen LogP) is 4.46. The first kappa shape index (κ1) is 24.9. The Balaban J connectivity index is 1.33. The van der Waals surface area contributed by atoms with E-state index in [0.29, 0.717) is 16.6 Å². The number of carbonyl (C=O) groups is 3. The maximum absolute atomic E-state index is 14.3. The maximum Gasteiger partial charge on any atom is 0.246 e. The number of anilines is 1. The SMILES string of the molecule is CC1CCCCC1N1C(=O)[C@H]2C(C(=O)Nc3ccc(Cl)cc3)[C@H]3C=CC2(O3)C1C(=O)NC1CCCCC1. The molecule has 3 aliphatic heterocycles. The number of rotatable bonds is 5. The Morgan fingerprint density at radius 1 is 1.00 bits per heavy atom. The molecule has 0 radical (unpaired) electrons. The van der Waals surface area contributed by atoms with Crippen LogP contribution in [0.2, 0.25) is 5.02 Å². The van der Waals surface area contributed by atoms with Crippen molar-refractivity contribution < 1.29 is 19.1 Å². The minimum absolute atomic E-state index is 0.0284. The van der Waals surface area contributed by atoms with Crippen molar-refractivity contribution in [2.24, 2.45) is 17.8 Å². The van der Waals surface area contributed by atoms with Gasteiger partial charge in [0.2, 0.25) is 17.7 Å². The molecule has 5 unspecified atom stereocenters. The van der Waals surface area contributed by atoms with E-state index in [0.717, 1.165) is 51.4 Å². The van der Waals surface area contributed by atoms with Gasteiger partial charge in [-0.25, -0.2) is 0 Å². The average Bonchev–Trinajstić information content (AvgIpc) is 3.54. The molecule has 5 aliphatic rings. The van der Waals surface area contributed by atoms with Gasteiger partial charge < -0.3 is 20.3 Å². The number of nitrogens with one attached hydrogen (secondary N) is 2. The molecule has 3 amide bonds. The van der Waals surface area contributed by atoms with Crippen LogP contribution < -0.4 is 10.6 Å². The van der Waals surface area contributed by atoms with Gasteiger partial charge in [0.05, 0.1) is 17.9 Å². The van der Waals surface area contributed by atoms with Crippen LogP contribution in [0.5, 0.6) is 0 Å². The van der Waals surface area contributed by atoms with Crippen LogP contribution >= 0.6 is 11.6 Å². The van der Waals surface area contributed by atoms with Crippen molar-refractivity contribution >= 4 is 35.0 Å². The molecule has 2 aliphatic carbocycles. The third kappa shape index (κ3) is 4.19. The first-order valence-corrected chi connectivity index (χ1v) is 14.3. The largest absolute Gasteiger partial charge is 0.359 e. The first-order chi connectivity index (χ1) is 17.9. The molecule has 1 aromatic carbocycles. The molecular weight excluding hydrogens is 490 g/mol. The van der Waals surface area contributed by atoms with E-state index in [-0.39, 0.29) is 29.8 Å². The molecule has 1 aromatic rings. The molecule has 37 heavy (non-hydrogen) atoms. The summed E-state index contributed by atoms with van der Waals surface area (Å²) in [7, 11) is 0. The van der Waals surface area contributed by atoms with Crippen LogP contribution in [0.3, 0.4) is 0 Å². The lowest BCUT2D eigenvalue weighted by atomic mass is 9.74. The molecule has 7 nitrogen and oxygen atoms in total. The molecular formula is C29H36ClN3O4. The molecule has 0 aromatic heterocycles. The van der Waals surface area contributed by atoms with Gasteiger partial charge in [-0.2, -0.15) is 0 Å². The molecule has 4 fully saturated rings. The summed E-state index contributed by atoms with van der Waals surface area (Å²) >= 11 is 6.01. The highest BCUT2D eigenvalue weighted by atomic mass is 35.5. The highest BCUT2D eigenvalue weighted by Gasteiger charge is 2.73. The average molecular weight is 526 g/mol. The van der Waals surface area contributed by atoms with E-state index in [2.05, 4.69) is 17.6 Å². The maximum atomic E-state index is 14.3. The fraction of sp³-hybridized carbons (Fsp3) is 0.621. The molecule has 2 saturated carbocycles. The Morgan fingerprint density at radius 3 is 2.43 bits per heavy atom. The number of amides is 3. The van der Waals surface area contributed by atoms with Crippen LogP contribution in [0.1, 0.15) is 64.7 Å². The van der Waals surface area contributed by atoms with E-state index in [1.54, 1.807) is 24.3 Å². The van der Waals surface area contributed by atoms with Gasteiger partial charge in [0.15, 0.2) is 0 Å². The topological polar surface area (TPSA) is 87.7 Å². The van der Waals surface area contributed by atoms with Gasteiger partial charge in [0.25, 0.3) is 0 Å². The molecule has 2 bridgehead atoms. The lowest BCUT2D eigenvalue weighted by molar-refractivity contribution is -0.146. The van der Waals surface area contributed by atoms with E-state index >= 15 is 0 Å². The van der Waals surface area contributed by atoms with Crippen LogP contribution in [-0.2, 0) is 19.1 Å². The number of hydrogen-bond acceptors (Lipinski definition) is 4. The minimum atomic E-state index is -1.11. The molecule has 2 N–H and O–H groups in total. The number of carbonyl (C=O) groups excluding carboxylic acids is 3. The number of hydrogen-bond donors (Lipinski definition) is 2. The van der Waals surface area contributed by atoms with Crippen LogP contribution in [0.4, 0.5) is 5.69 Å². The van der Waals surface area contributed by atoms with Crippen molar-refractivity contribution in [3.63, 3.8) is 0 Å². The fourth-order valence-corrected chi connectivity index (χ4v) is 7.69.